The fraction of sp³-hybridized carbons (Fsp3) is 0.333. The summed E-state index contributed by atoms with van der Waals surface area (Å²) in [5.74, 6) is 0.536. The Kier molecular flexibility index (Phi) is 6.57. The summed E-state index contributed by atoms with van der Waals surface area (Å²) in [6.07, 6.45) is 2.37. The largest absolute Gasteiger partial charge is 0.495 e. The van der Waals surface area contributed by atoms with Crippen molar-refractivity contribution in [2.24, 2.45) is 0 Å². The zero-order chi connectivity index (χ0) is 17.4. The molecule has 0 atom stereocenters. The Labute approximate surface area is 142 Å². The van der Waals surface area contributed by atoms with Crippen LogP contribution in [0.5, 0.6) is 5.75 Å². The first-order valence-electron chi connectivity index (χ1n) is 7.79. The van der Waals surface area contributed by atoms with Gasteiger partial charge >= 0.3 is 0 Å². The molecular weight excluding hydrogens is 306 g/mol. The summed E-state index contributed by atoms with van der Waals surface area (Å²) in [6.45, 7) is 3.18. The highest BCUT2D eigenvalue weighted by Gasteiger charge is 2.09. The molecule has 0 saturated heterocycles. The molecule has 0 bridgehead atoms. The summed E-state index contributed by atoms with van der Waals surface area (Å²) in [6, 6.07) is 9.40. The molecular formula is C18H23N3O3. The lowest BCUT2D eigenvalue weighted by atomic mass is 10.2. The molecule has 0 radical (unpaired) electrons. The SMILES string of the molecule is COCCCNC(=O)c1cc(Nc2cc(C)ccc2OC)ccn1. The number of aromatic nitrogens is 1. The van der Waals surface area contributed by atoms with E-state index in [9.17, 15) is 4.79 Å². The number of hydrogen-bond acceptors (Lipinski definition) is 5. The molecule has 0 aliphatic rings. The Morgan fingerprint density at radius 1 is 1.21 bits per heavy atom. The van der Waals surface area contributed by atoms with Gasteiger partial charge in [-0.1, -0.05) is 6.07 Å². The third-order valence-electron chi connectivity index (χ3n) is 3.44. The van der Waals surface area contributed by atoms with Crippen LogP contribution in [0.25, 0.3) is 0 Å². The van der Waals surface area contributed by atoms with Gasteiger partial charge in [0.1, 0.15) is 11.4 Å². The zero-order valence-electron chi connectivity index (χ0n) is 14.3. The van der Waals surface area contributed by atoms with Crippen LogP contribution in [-0.4, -0.2) is 38.3 Å². The number of hydrogen-bond donors (Lipinski definition) is 2. The monoisotopic (exact) mass is 329 g/mol. The number of amides is 1. The third-order valence-corrected chi connectivity index (χ3v) is 3.44. The predicted octanol–water partition coefficient (Wildman–Crippen LogP) is 2.91. The van der Waals surface area contributed by atoms with Gasteiger partial charge in [-0.05, 0) is 43.2 Å². The summed E-state index contributed by atoms with van der Waals surface area (Å²) in [7, 11) is 3.26. The van der Waals surface area contributed by atoms with Gasteiger partial charge in [0.05, 0.1) is 12.8 Å². The Morgan fingerprint density at radius 2 is 2.04 bits per heavy atom. The van der Waals surface area contributed by atoms with Gasteiger partial charge in [-0.2, -0.15) is 0 Å². The quantitative estimate of drug-likeness (QED) is 0.729. The van der Waals surface area contributed by atoms with E-state index >= 15 is 0 Å². The smallest absolute Gasteiger partial charge is 0.269 e. The number of aryl methyl sites for hydroxylation is 1. The summed E-state index contributed by atoms with van der Waals surface area (Å²) in [4.78, 5) is 16.2. The van der Waals surface area contributed by atoms with Crippen molar-refractivity contribution in [2.45, 2.75) is 13.3 Å². The molecule has 128 valence electrons. The van der Waals surface area contributed by atoms with Gasteiger partial charge in [0.25, 0.3) is 5.91 Å². The Balaban J connectivity index is 2.07. The van der Waals surface area contributed by atoms with E-state index in [0.29, 0.717) is 18.8 Å². The predicted molar refractivity (Wildman–Crippen MR) is 94.1 cm³/mol. The second-order valence-electron chi connectivity index (χ2n) is 5.36. The highest BCUT2D eigenvalue weighted by atomic mass is 16.5. The fourth-order valence-electron chi connectivity index (χ4n) is 2.22. The van der Waals surface area contributed by atoms with Crippen molar-refractivity contribution in [3.05, 3.63) is 47.8 Å². The van der Waals surface area contributed by atoms with Crippen LogP contribution in [0.4, 0.5) is 11.4 Å². The molecule has 24 heavy (non-hydrogen) atoms. The number of anilines is 2. The van der Waals surface area contributed by atoms with Crippen molar-refractivity contribution in [1.82, 2.24) is 10.3 Å². The number of pyridine rings is 1. The molecule has 1 heterocycles. The molecule has 0 saturated carbocycles. The first kappa shape index (κ1) is 17.7. The van der Waals surface area contributed by atoms with Crippen molar-refractivity contribution < 1.29 is 14.3 Å². The fourth-order valence-corrected chi connectivity index (χ4v) is 2.22. The van der Waals surface area contributed by atoms with Gasteiger partial charge in [0, 0.05) is 32.1 Å². The maximum absolute atomic E-state index is 12.1. The van der Waals surface area contributed by atoms with Crippen LogP contribution in [0.3, 0.4) is 0 Å². The standard InChI is InChI=1S/C18H23N3O3/c1-13-5-6-17(24-3)15(11-13)21-14-7-9-19-16(12-14)18(22)20-8-4-10-23-2/h5-7,9,11-12H,4,8,10H2,1-3H3,(H,19,21)(H,20,22). The molecule has 6 nitrogen and oxygen atoms in total. The van der Waals surface area contributed by atoms with Gasteiger partial charge in [-0.15, -0.1) is 0 Å². The van der Waals surface area contributed by atoms with E-state index in [2.05, 4.69) is 15.6 Å². The van der Waals surface area contributed by atoms with Crippen LogP contribution in [0.1, 0.15) is 22.5 Å². The van der Waals surface area contributed by atoms with E-state index in [-0.39, 0.29) is 5.91 Å². The van der Waals surface area contributed by atoms with Crippen LogP contribution in [-0.2, 0) is 4.74 Å². The molecule has 0 aliphatic carbocycles. The molecule has 2 rings (SSSR count). The van der Waals surface area contributed by atoms with Crippen LogP contribution in [0.15, 0.2) is 36.5 Å². The normalized spacial score (nSPS) is 10.3. The number of carbonyl (C=O) groups excluding carboxylic acids is 1. The van der Waals surface area contributed by atoms with Crippen molar-refractivity contribution in [3.63, 3.8) is 0 Å². The van der Waals surface area contributed by atoms with Crippen molar-refractivity contribution in [3.8, 4) is 5.75 Å². The van der Waals surface area contributed by atoms with Crippen molar-refractivity contribution in [1.29, 1.82) is 0 Å². The lowest BCUT2D eigenvalue weighted by Crippen LogP contribution is -2.26. The number of benzene rings is 1. The first-order chi connectivity index (χ1) is 11.6. The van der Waals surface area contributed by atoms with E-state index in [0.717, 1.165) is 29.1 Å². The molecule has 1 aromatic carbocycles. The van der Waals surface area contributed by atoms with E-state index in [1.807, 2.05) is 31.2 Å². The zero-order valence-corrected chi connectivity index (χ0v) is 14.3. The average Bonchev–Trinajstić information content (AvgIpc) is 2.59. The Hall–Kier alpha value is -2.60. The summed E-state index contributed by atoms with van der Waals surface area (Å²) < 4.78 is 10.3. The molecule has 0 aliphatic heterocycles. The Morgan fingerprint density at radius 3 is 2.79 bits per heavy atom. The minimum absolute atomic E-state index is 0.203. The lowest BCUT2D eigenvalue weighted by molar-refractivity contribution is 0.0943. The number of rotatable bonds is 8. The Bertz CT molecular complexity index is 689. The van der Waals surface area contributed by atoms with Crippen LogP contribution in [0.2, 0.25) is 0 Å². The number of nitrogens with zero attached hydrogens (tertiary/aromatic N) is 1. The molecule has 1 aromatic heterocycles. The highest BCUT2D eigenvalue weighted by Crippen LogP contribution is 2.28. The minimum Gasteiger partial charge on any atom is -0.495 e. The highest BCUT2D eigenvalue weighted by molar-refractivity contribution is 5.93. The van der Waals surface area contributed by atoms with Crippen LogP contribution in [0, 0.1) is 6.92 Å². The molecule has 0 spiro atoms. The van der Waals surface area contributed by atoms with Gasteiger partial charge in [-0.3, -0.25) is 9.78 Å². The van der Waals surface area contributed by atoms with Gasteiger partial charge in [-0.25, -0.2) is 0 Å². The number of carbonyl (C=O) groups is 1. The molecule has 2 aromatic rings. The van der Waals surface area contributed by atoms with E-state index < -0.39 is 0 Å². The average molecular weight is 329 g/mol. The molecule has 2 N–H and O–H groups in total. The summed E-state index contributed by atoms with van der Waals surface area (Å²) in [5.41, 5.74) is 3.10. The third kappa shape index (κ3) is 4.96. The molecule has 0 fully saturated rings. The lowest BCUT2D eigenvalue weighted by Gasteiger charge is -2.12. The second kappa shape index (κ2) is 8.88. The number of ether oxygens (including phenoxy) is 2. The first-order valence-corrected chi connectivity index (χ1v) is 7.79. The second-order valence-corrected chi connectivity index (χ2v) is 5.36. The van der Waals surface area contributed by atoms with E-state index in [4.69, 9.17) is 9.47 Å². The minimum atomic E-state index is -0.203. The van der Waals surface area contributed by atoms with Crippen LogP contribution < -0.4 is 15.4 Å². The number of methoxy groups -OCH3 is 2. The topological polar surface area (TPSA) is 72.5 Å². The molecule has 1 amide bonds. The number of nitrogens with one attached hydrogen (secondary N) is 2. The van der Waals surface area contributed by atoms with E-state index in [1.165, 1.54) is 0 Å². The molecule has 0 unspecified atom stereocenters. The van der Waals surface area contributed by atoms with Crippen LogP contribution >= 0.6 is 0 Å². The van der Waals surface area contributed by atoms with Gasteiger partial charge in [0.15, 0.2) is 0 Å². The maximum atomic E-state index is 12.1. The van der Waals surface area contributed by atoms with Gasteiger partial charge < -0.3 is 20.1 Å². The van der Waals surface area contributed by atoms with Crippen molar-refractivity contribution >= 4 is 17.3 Å². The summed E-state index contributed by atoms with van der Waals surface area (Å²) in [5, 5.41) is 6.09. The molecule has 6 heteroatoms. The maximum Gasteiger partial charge on any atom is 0.269 e. The van der Waals surface area contributed by atoms with E-state index in [1.54, 1.807) is 26.5 Å². The van der Waals surface area contributed by atoms with Gasteiger partial charge in [0.2, 0.25) is 0 Å². The van der Waals surface area contributed by atoms with Crippen molar-refractivity contribution in [2.75, 3.05) is 32.7 Å². The summed E-state index contributed by atoms with van der Waals surface area (Å²) >= 11 is 0.